The summed E-state index contributed by atoms with van der Waals surface area (Å²) in [5, 5.41) is 9.41. The van der Waals surface area contributed by atoms with Crippen LogP contribution in [-0.4, -0.2) is 61.2 Å². The van der Waals surface area contributed by atoms with E-state index in [1.807, 2.05) is 20.2 Å². The predicted molar refractivity (Wildman–Crippen MR) is 79.9 cm³/mol. The van der Waals surface area contributed by atoms with Gasteiger partial charge in [0.25, 0.3) is 0 Å². The van der Waals surface area contributed by atoms with Crippen molar-refractivity contribution in [1.29, 1.82) is 5.26 Å². The molecule has 1 aromatic rings. The molecule has 1 rings (SSSR count). The summed E-state index contributed by atoms with van der Waals surface area (Å²) >= 11 is 12.1. The van der Waals surface area contributed by atoms with Gasteiger partial charge in [-0.1, -0.05) is 23.2 Å². The summed E-state index contributed by atoms with van der Waals surface area (Å²) in [6, 6.07) is 4.91. The standard InChI is InChI=1S/C12H11Cl2N3O.Na.H/c1-17(2)7-16-12-10(13)3-8(4-11(12)14)9(5-15)6-18;;/h3-4,6-7,9H,1-2H3;;/b16-7+;;. The third-order valence-electron chi connectivity index (χ3n) is 2.09. The summed E-state index contributed by atoms with van der Waals surface area (Å²) in [4.78, 5) is 16.6. The van der Waals surface area contributed by atoms with E-state index in [0.29, 0.717) is 27.6 Å². The Hall–Kier alpha value is -0.570. The van der Waals surface area contributed by atoms with Crippen molar-refractivity contribution in [3.05, 3.63) is 27.7 Å². The molecule has 0 spiro atoms. The van der Waals surface area contributed by atoms with E-state index in [9.17, 15) is 4.79 Å². The predicted octanol–water partition coefficient (Wildman–Crippen LogP) is 2.37. The van der Waals surface area contributed by atoms with Crippen molar-refractivity contribution < 1.29 is 4.79 Å². The van der Waals surface area contributed by atoms with E-state index in [2.05, 4.69) is 4.99 Å². The Labute approximate surface area is 144 Å². The number of hydrogen-bond donors (Lipinski definition) is 0. The number of benzene rings is 1. The number of nitrogens with zero attached hydrogens (tertiary/aromatic N) is 3. The van der Waals surface area contributed by atoms with E-state index in [1.54, 1.807) is 11.2 Å². The molecule has 0 aromatic heterocycles. The molecule has 0 aliphatic carbocycles. The zero-order valence-electron chi connectivity index (χ0n) is 9.89. The summed E-state index contributed by atoms with van der Waals surface area (Å²) in [5.74, 6) is -0.869. The number of nitriles is 1. The molecule has 0 saturated heterocycles. The van der Waals surface area contributed by atoms with E-state index in [0.717, 1.165) is 0 Å². The number of rotatable bonds is 4. The van der Waals surface area contributed by atoms with Gasteiger partial charge in [0.15, 0.2) is 0 Å². The first-order valence-corrected chi connectivity index (χ1v) is 5.79. The fraction of sp³-hybridized carbons (Fsp3) is 0.250. The Morgan fingerprint density at radius 2 is 1.89 bits per heavy atom. The van der Waals surface area contributed by atoms with E-state index in [1.165, 1.54) is 12.1 Å². The monoisotopic (exact) mass is 307 g/mol. The number of halogens is 2. The van der Waals surface area contributed by atoms with Crippen molar-refractivity contribution in [2.45, 2.75) is 5.92 Å². The van der Waals surface area contributed by atoms with Gasteiger partial charge in [-0.3, -0.25) is 0 Å². The molecule has 0 amide bonds. The van der Waals surface area contributed by atoms with Crippen molar-refractivity contribution in [3.8, 4) is 6.07 Å². The molecule has 7 heteroatoms. The summed E-state index contributed by atoms with van der Waals surface area (Å²) in [5.41, 5.74) is 0.879. The van der Waals surface area contributed by atoms with E-state index in [4.69, 9.17) is 28.5 Å². The van der Waals surface area contributed by atoms with Crippen LogP contribution in [0, 0.1) is 11.3 Å². The fourth-order valence-electron chi connectivity index (χ4n) is 1.24. The average molecular weight is 308 g/mol. The zero-order chi connectivity index (χ0) is 13.7. The van der Waals surface area contributed by atoms with Crippen LogP contribution in [0.2, 0.25) is 10.0 Å². The molecule has 0 saturated carbocycles. The molecule has 0 radical (unpaired) electrons. The van der Waals surface area contributed by atoms with Gasteiger partial charge in [-0.05, 0) is 17.7 Å². The van der Waals surface area contributed by atoms with Gasteiger partial charge in [-0.15, -0.1) is 0 Å². The number of hydrogen-bond acceptors (Lipinski definition) is 3. The van der Waals surface area contributed by atoms with Crippen molar-refractivity contribution in [2.75, 3.05) is 14.1 Å². The van der Waals surface area contributed by atoms with Crippen LogP contribution < -0.4 is 0 Å². The first-order chi connectivity index (χ1) is 8.49. The molecule has 4 nitrogen and oxygen atoms in total. The van der Waals surface area contributed by atoms with Gasteiger partial charge in [-0.2, -0.15) is 5.26 Å². The zero-order valence-corrected chi connectivity index (χ0v) is 11.4. The number of aldehydes is 1. The average Bonchev–Trinajstić information content (AvgIpc) is 2.29. The molecule has 0 aliphatic heterocycles. The second kappa shape index (κ2) is 8.57. The quantitative estimate of drug-likeness (QED) is 0.371. The van der Waals surface area contributed by atoms with Crippen LogP contribution >= 0.6 is 23.2 Å². The van der Waals surface area contributed by atoms with Gasteiger partial charge in [-0.25, -0.2) is 4.99 Å². The van der Waals surface area contributed by atoms with Crippen LogP contribution in [0.1, 0.15) is 11.5 Å². The molecule has 0 bridgehead atoms. The van der Waals surface area contributed by atoms with Crippen molar-refractivity contribution in [1.82, 2.24) is 4.90 Å². The Kier molecular flexibility index (Phi) is 8.31. The summed E-state index contributed by atoms with van der Waals surface area (Å²) in [6.45, 7) is 0. The van der Waals surface area contributed by atoms with E-state index < -0.39 is 5.92 Å². The van der Waals surface area contributed by atoms with E-state index in [-0.39, 0.29) is 29.6 Å². The van der Waals surface area contributed by atoms with Gasteiger partial charge in [0.05, 0.1) is 22.5 Å². The first-order valence-electron chi connectivity index (χ1n) is 5.04. The first kappa shape index (κ1) is 18.4. The van der Waals surface area contributed by atoms with Crippen molar-refractivity contribution in [3.63, 3.8) is 0 Å². The van der Waals surface area contributed by atoms with Crippen LogP contribution in [0.3, 0.4) is 0 Å². The van der Waals surface area contributed by atoms with Gasteiger partial charge in [0.1, 0.15) is 17.9 Å². The van der Waals surface area contributed by atoms with Crippen LogP contribution in [-0.2, 0) is 4.79 Å². The minimum absolute atomic E-state index is 0. The molecular weight excluding hydrogens is 296 g/mol. The van der Waals surface area contributed by atoms with Crippen LogP contribution in [0.25, 0.3) is 0 Å². The second-order valence-corrected chi connectivity index (χ2v) is 4.60. The third-order valence-corrected chi connectivity index (χ3v) is 2.67. The molecule has 19 heavy (non-hydrogen) atoms. The number of aliphatic imine (C=N–C) groups is 1. The minimum atomic E-state index is -0.869. The number of carbonyl (C=O) groups excluding carboxylic acids is 1. The van der Waals surface area contributed by atoms with Gasteiger partial charge in [0.2, 0.25) is 0 Å². The second-order valence-electron chi connectivity index (χ2n) is 3.78. The molecule has 1 atom stereocenters. The summed E-state index contributed by atoms with van der Waals surface area (Å²) in [6.07, 6.45) is 2.11. The molecule has 1 aromatic carbocycles. The SMILES string of the molecule is CN(C)/C=N/c1c(Cl)cc(C(C#N)C=O)cc1Cl.[NaH]. The molecule has 96 valence electrons. The molecule has 0 N–H and O–H groups in total. The molecule has 0 fully saturated rings. The Bertz CT molecular complexity index is 503. The van der Waals surface area contributed by atoms with Crippen molar-refractivity contribution in [2.24, 2.45) is 4.99 Å². The summed E-state index contributed by atoms with van der Waals surface area (Å²) in [7, 11) is 3.63. The van der Waals surface area contributed by atoms with Gasteiger partial charge >= 0.3 is 29.6 Å². The Balaban J connectivity index is 0.00000324. The van der Waals surface area contributed by atoms with Crippen LogP contribution in [0.4, 0.5) is 5.69 Å². The van der Waals surface area contributed by atoms with Gasteiger partial charge < -0.3 is 9.69 Å². The number of carbonyl (C=O) groups is 1. The molecule has 0 heterocycles. The topological polar surface area (TPSA) is 56.5 Å². The van der Waals surface area contributed by atoms with Crippen molar-refractivity contribution >= 4 is 71.1 Å². The van der Waals surface area contributed by atoms with Crippen LogP contribution in [0.5, 0.6) is 0 Å². The molecule has 0 aliphatic rings. The molecular formula is C12H12Cl2N3NaO. The van der Waals surface area contributed by atoms with Gasteiger partial charge in [0, 0.05) is 14.1 Å². The Morgan fingerprint density at radius 1 is 1.37 bits per heavy atom. The normalized spacial score (nSPS) is 11.5. The Morgan fingerprint density at radius 3 is 2.26 bits per heavy atom. The maximum atomic E-state index is 10.7. The fourth-order valence-corrected chi connectivity index (χ4v) is 1.85. The van der Waals surface area contributed by atoms with E-state index >= 15 is 0 Å². The third kappa shape index (κ3) is 5.13. The molecule has 1 unspecified atom stereocenters. The summed E-state index contributed by atoms with van der Waals surface area (Å²) < 4.78 is 0. The van der Waals surface area contributed by atoms with Crippen LogP contribution in [0.15, 0.2) is 17.1 Å². The maximum absolute atomic E-state index is 10.7.